The summed E-state index contributed by atoms with van der Waals surface area (Å²) < 4.78 is 7.56. The smallest absolute Gasteiger partial charge is 0.228 e. The molecule has 0 amide bonds. The lowest BCUT2D eigenvalue weighted by molar-refractivity contribution is 0.00177. The molecule has 2 N–H and O–H groups in total. The van der Waals surface area contributed by atoms with E-state index in [1.165, 1.54) is 6.92 Å². The summed E-state index contributed by atoms with van der Waals surface area (Å²) in [7, 11) is 0. The third-order valence-electron chi connectivity index (χ3n) is 5.72. The van der Waals surface area contributed by atoms with Gasteiger partial charge in [0.2, 0.25) is 11.8 Å². The number of ether oxygens (including phenoxy) is 1. The van der Waals surface area contributed by atoms with Crippen LogP contribution in [0.2, 0.25) is 0 Å². The summed E-state index contributed by atoms with van der Waals surface area (Å²) in [5.74, 6) is 0.976. The number of rotatable bonds is 6. The maximum Gasteiger partial charge on any atom is 0.228 e. The van der Waals surface area contributed by atoms with Gasteiger partial charge in [0.25, 0.3) is 0 Å². The van der Waals surface area contributed by atoms with Crippen LogP contribution in [0.3, 0.4) is 0 Å². The minimum Gasteiger partial charge on any atom is -0.374 e. The molecule has 0 unspecified atom stereocenters. The van der Waals surface area contributed by atoms with Gasteiger partial charge < -0.3 is 20.3 Å². The maximum atomic E-state index is 12.0. The van der Waals surface area contributed by atoms with Crippen LogP contribution in [-0.4, -0.2) is 81.7 Å². The van der Waals surface area contributed by atoms with Crippen LogP contribution in [0.15, 0.2) is 6.20 Å². The number of anilines is 1. The van der Waals surface area contributed by atoms with Gasteiger partial charge in [0.15, 0.2) is 11.4 Å². The fraction of sp³-hybridized carbons (Fsp3) is 0.700. The van der Waals surface area contributed by atoms with Crippen molar-refractivity contribution in [3.63, 3.8) is 0 Å². The van der Waals surface area contributed by atoms with Crippen LogP contribution >= 0.6 is 0 Å². The predicted octanol–water partition coefficient (Wildman–Crippen LogP) is 1.31. The Morgan fingerprint density at radius 3 is 2.79 bits per heavy atom. The monoisotopic (exact) mass is 401 g/mol. The van der Waals surface area contributed by atoms with E-state index >= 15 is 0 Å². The summed E-state index contributed by atoms with van der Waals surface area (Å²) >= 11 is 0. The number of carbonyl (C=O) groups excluding carboxylic acids is 1. The highest BCUT2D eigenvalue weighted by molar-refractivity contribution is 5.91. The molecule has 1 atom stereocenters. The molecule has 0 bridgehead atoms. The number of aromatic nitrogens is 4. The van der Waals surface area contributed by atoms with Crippen molar-refractivity contribution in [1.82, 2.24) is 29.8 Å². The second-order valence-corrected chi connectivity index (χ2v) is 8.33. The van der Waals surface area contributed by atoms with Crippen molar-refractivity contribution < 1.29 is 9.53 Å². The van der Waals surface area contributed by atoms with E-state index in [0.29, 0.717) is 17.6 Å². The SMILES string of the molecule is CC(=O)c1nc(NC2CCN(C[C@H]3CNCCO3)CC2)n2ncc(C(C)C)c2n1. The van der Waals surface area contributed by atoms with E-state index in [1.807, 2.05) is 6.20 Å². The van der Waals surface area contributed by atoms with Gasteiger partial charge in [0, 0.05) is 51.3 Å². The minimum absolute atomic E-state index is 0.137. The Morgan fingerprint density at radius 2 is 2.14 bits per heavy atom. The first kappa shape index (κ1) is 20.2. The molecule has 9 nitrogen and oxygen atoms in total. The second-order valence-electron chi connectivity index (χ2n) is 8.33. The zero-order valence-electron chi connectivity index (χ0n) is 17.5. The van der Waals surface area contributed by atoms with Crippen molar-refractivity contribution >= 4 is 17.4 Å². The van der Waals surface area contributed by atoms with Gasteiger partial charge in [-0.1, -0.05) is 13.8 Å². The number of fused-ring (bicyclic) bond motifs is 1. The number of likely N-dealkylation sites (tertiary alicyclic amines) is 1. The lowest BCUT2D eigenvalue weighted by atomic mass is 10.0. The Labute approximate surface area is 171 Å². The van der Waals surface area contributed by atoms with Crippen LogP contribution in [0.5, 0.6) is 0 Å². The van der Waals surface area contributed by atoms with Gasteiger partial charge in [-0.05, 0) is 18.8 Å². The molecule has 0 aliphatic carbocycles. The number of Topliss-reactive ketones (excluding diaryl/α,β-unsaturated/α-hetero) is 1. The number of carbonyl (C=O) groups is 1. The first-order valence-electron chi connectivity index (χ1n) is 10.6. The number of nitrogens with one attached hydrogen (secondary N) is 2. The molecule has 2 fully saturated rings. The standard InChI is InChI=1S/C20H31N7O2/c1-13(2)17-11-22-27-19(17)24-18(14(3)28)25-20(27)23-15-4-7-26(8-5-15)12-16-10-21-6-9-29-16/h11,13,15-16,21H,4-10,12H2,1-3H3,(H,23,24,25)/t16-/m1/s1. The van der Waals surface area contributed by atoms with Crippen molar-refractivity contribution in [2.75, 3.05) is 44.6 Å². The largest absolute Gasteiger partial charge is 0.374 e. The Morgan fingerprint density at radius 1 is 1.34 bits per heavy atom. The van der Waals surface area contributed by atoms with Gasteiger partial charge in [-0.25, -0.2) is 4.98 Å². The molecule has 158 valence electrons. The molecule has 9 heteroatoms. The van der Waals surface area contributed by atoms with E-state index in [2.05, 4.69) is 44.4 Å². The first-order chi connectivity index (χ1) is 14.0. The van der Waals surface area contributed by atoms with Gasteiger partial charge in [-0.3, -0.25) is 4.79 Å². The Kier molecular flexibility index (Phi) is 6.07. The van der Waals surface area contributed by atoms with Crippen LogP contribution in [0.4, 0.5) is 5.95 Å². The lowest BCUT2D eigenvalue weighted by Gasteiger charge is -2.35. The molecule has 2 aromatic rings. The predicted molar refractivity (Wildman–Crippen MR) is 111 cm³/mol. The molecule has 2 aliphatic rings. The van der Waals surface area contributed by atoms with Gasteiger partial charge in [0.05, 0.1) is 18.9 Å². The van der Waals surface area contributed by atoms with Gasteiger partial charge in [-0.2, -0.15) is 14.6 Å². The van der Waals surface area contributed by atoms with Gasteiger partial charge >= 0.3 is 0 Å². The topological polar surface area (TPSA) is 96.7 Å². The molecular weight excluding hydrogens is 370 g/mol. The summed E-state index contributed by atoms with van der Waals surface area (Å²) in [6.07, 6.45) is 4.13. The van der Waals surface area contributed by atoms with E-state index < -0.39 is 0 Å². The third kappa shape index (κ3) is 4.57. The van der Waals surface area contributed by atoms with Crippen molar-refractivity contribution in [3.8, 4) is 0 Å². The summed E-state index contributed by atoms with van der Waals surface area (Å²) in [5.41, 5.74) is 1.73. The van der Waals surface area contributed by atoms with Crippen molar-refractivity contribution in [2.24, 2.45) is 0 Å². The van der Waals surface area contributed by atoms with Crippen LogP contribution in [0.1, 0.15) is 55.7 Å². The fourth-order valence-electron chi connectivity index (χ4n) is 4.02. The zero-order chi connectivity index (χ0) is 20.4. The summed E-state index contributed by atoms with van der Waals surface area (Å²) in [6.45, 7) is 11.4. The average Bonchev–Trinajstić information content (AvgIpc) is 3.15. The van der Waals surface area contributed by atoms with Crippen LogP contribution in [0, 0.1) is 0 Å². The highest BCUT2D eigenvalue weighted by atomic mass is 16.5. The highest BCUT2D eigenvalue weighted by Gasteiger charge is 2.25. The number of morpholine rings is 1. The normalized spacial score (nSPS) is 21.7. The number of nitrogens with zero attached hydrogens (tertiary/aromatic N) is 5. The summed E-state index contributed by atoms with van der Waals surface area (Å²) in [5, 5.41) is 11.4. The van der Waals surface area contributed by atoms with E-state index in [4.69, 9.17) is 4.74 Å². The third-order valence-corrected chi connectivity index (χ3v) is 5.72. The number of hydrogen-bond acceptors (Lipinski definition) is 8. The summed E-state index contributed by atoms with van der Waals surface area (Å²) in [4.78, 5) is 23.4. The highest BCUT2D eigenvalue weighted by Crippen LogP contribution is 2.22. The fourth-order valence-corrected chi connectivity index (χ4v) is 4.02. The quantitative estimate of drug-likeness (QED) is 0.700. The van der Waals surface area contributed by atoms with Crippen LogP contribution in [-0.2, 0) is 4.74 Å². The Hall–Kier alpha value is -2.10. The second kappa shape index (κ2) is 8.73. The minimum atomic E-state index is -0.137. The first-order valence-corrected chi connectivity index (χ1v) is 10.6. The molecule has 4 heterocycles. The van der Waals surface area contributed by atoms with Crippen molar-refractivity contribution in [3.05, 3.63) is 17.6 Å². The molecule has 4 rings (SSSR count). The van der Waals surface area contributed by atoms with Crippen molar-refractivity contribution in [2.45, 2.75) is 51.7 Å². The zero-order valence-corrected chi connectivity index (χ0v) is 17.5. The molecule has 0 saturated carbocycles. The Bertz CT molecular complexity index is 852. The average molecular weight is 402 g/mol. The molecule has 0 spiro atoms. The number of piperidine rings is 1. The molecule has 2 aromatic heterocycles. The summed E-state index contributed by atoms with van der Waals surface area (Å²) in [6, 6.07) is 0.293. The lowest BCUT2D eigenvalue weighted by Crippen LogP contribution is -2.48. The van der Waals surface area contributed by atoms with Crippen molar-refractivity contribution in [1.29, 1.82) is 0 Å². The van der Waals surface area contributed by atoms with E-state index in [1.54, 1.807) is 4.52 Å². The van der Waals surface area contributed by atoms with E-state index in [-0.39, 0.29) is 23.6 Å². The van der Waals surface area contributed by atoms with E-state index in [9.17, 15) is 4.79 Å². The van der Waals surface area contributed by atoms with Crippen LogP contribution in [0.25, 0.3) is 5.65 Å². The number of hydrogen-bond donors (Lipinski definition) is 2. The molecule has 2 saturated heterocycles. The maximum absolute atomic E-state index is 12.0. The van der Waals surface area contributed by atoms with E-state index in [0.717, 1.165) is 57.7 Å². The molecule has 0 radical (unpaired) electrons. The molecule has 29 heavy (non-hydrogen) atoms. The van der Waals surface area contributed by atoms with Gasteiger partial charge in [0.1, 0.15) is 0 Å². The molecule has 2 aliphatic heterocycles. The molecule has 0 aromatic carbocycles. The number of ketones is 1. The Balaban J connectivity index is 1.44. The molecular formula is C20H31N7O2. The van der Waals surface area contributed by atoms with Gasteiger partial charge in [-0.15, -0.1) is 0 Å². The van der Waals surface area contributed by atoms with Crippen LogP contribution < -0.4 is 10.6 Å².